The summed E-state index contributed by atoms with van der Waals surface area (Å²) in [6.07, 6.45) is 0.604. The van der Waals surface area contributed by atoms with E-state index in [1.807, 2.05) is 6.07 Å². The molecule has 0 aliphatic heterocycles. The van der Waals surface area contributed by atoms with Crippen molar-refractivity contribution in [2.24, 2.45) is 0 Å². The van der Waals surface area contributed by atoms with Gasteiger partial charge in [-0.1, -0.05) is 18.2 Å². The Labute approximate surface area is 111 Å². The molecule has 1 aromatic carbocycles. The van der Waals surface area contributed by atoms with Crippen LogP contribution >= 0.6 is 23.8 Å². The summed E-state index contributed by atoms with van der Waals surface area (Å²) in [7, 11) is 1.46. The quantitative estimate of drug-likeness (QED) is 0.357. The van der Waals surface area contributed by atoms with Gasteiger partial charge in [0.05, 0.1) is 7.11 Å². The molecule has 0 bridgehead atoms. The zero-order chi connectivity index (χ0) is 12.7. The minimum atomic E-state index is -0.446. The molecule has 0 radical (unpaired) electrons. The third-order valence-electron chi connectivity index (χ3n) is 2.03. The summed E-state index contributed by atoms with van der Waals surface area (Å²) >= 11 is 10.8. The maximum atomic E-state index is 11.5. The Kier molecular flexibility index (Phi) is 5.94. The Bertz CT molecular complexity index is 381. The van der Waals surface area contributed by atoms with Crippen LogP contribution in [0.2, 0.25) is 0 Å². The normalized spacial score (nSPS) is 11.6. The monoisotopic (exact) mass is 272 g/mol. The van der Waals surface area contributed by atoms with E-state index >= 15 is 0 Å². The molecular weight excluding hydrogens is 260 g/mol. The summed E-state index contributed by atoms with van der Waals surface area (Å²) in [6, 6.07) is 8.88. The average Bonchev–Trinajstić information content (AvgIpc) is 2.36. The Morgan fingerprint density at radius 2 is 2.06 bits per heavy atom. The standard InChI is InChI=1S/C12H13ClO3S/c1-15-12(17)10(13)7-8-11(14)16-9-5-3-2-4-6-9/h2-6,10H,7-8H2,1H3. The molecule has 1 unspecified atom stereocenters. The van der Waals surface area contributed by atoms with E-state index in [9.17, 15) is 4.79 Å². The molecule has 0 N–H and O–H groups in total. The number of carbonyl (C=O) groups is 1. The van der Waals surface area contributed by atoms with Gasteiger partial charge in [-0.3, -0.25) is 4.79 Å². The molecule has 5 heteroatoms. The fourth-order valence-corrected chi connectivity index (χ4v) is 1.48. The maximum absolute atomic E-state index is 11.5. The van der Waals surface area contributed by atoms with Crippen LogP contribution in [0.25, 0.3) is 0 Å². The Morgan fingerprint density at radius 1 is 1.41 bits per heavy atom. The van der Waals surface area contributed by atoms with E-state index in [0.29, 0.717) is 17.2 Å². The molecular formula is C12H13ClO3S. The molecule has 0 spiro atoms. The molecule has 0 heterocycles. The van der Waals surface area contributed by atoms with Crippen molar-refractivity contribution in [2.45, 2.75) is 18.2 Å². The van der Waals surface area contributed by atoms with Crippen molar-refractivity contribution in [3.8, 4) is 5.75 Å². The minimum Gasteiger partial charge on any atom is -0.489 e. The molecule has 0 aliphatic rings. The lowest BCUT2D eigenvalue weighted by atomic mass is 10.2. The van der Waals surface area contributed by atoms with Crippen molar-refractivity contribution in [1.29, 1.82) is 0 Å². The highest BCUT2D eigenvalue weighted by Crippen LogP contribution is 2.13. The molecule has 0 amide bonds. The number of para-hydroxylation sites is 1. The van der Waals surface area contributed by atoms with Gasteiger partial charge in [-0.25, -0.2) is 0 Å². The molecule has 0 saturated carbocycles. The van der Waals surface area contributed by atoms with Crippen molar-refractivity contribution in [2.75, 3.05) is 7.11 Å². The molecule has 1 aromatic rings. The summed E-state index contributed by atoms with van der Waals surface area (Å²) in [5.41, 5.74) is 0. The number of ether oxygens (including phenoxy) is 2. The maximum Gasteiger partial charge on any atom is 0.311 e. The summed E-state index contributed by atoms with van der Waals surface area (Å²) < 4.78 is 9.91. The predicted octanol–water partition coefficient (Wildman–Crippen LogP) is 2.95. The summed E-state index contributed by atoms with van der Waals surface area (Å²) in [5, 5.41) is -0.155. The highest BCUT2D eigenvalue weighted by molar-refractivity contribution is 7.80. The van der Waals surface area contributed by atoms with Gasteiger partial charge in [0.2, 0.25) is 0 Å². The van der Waals surface area contributed by atoms with Gasteiger partial charge in [0.1, 0.15) is 11.1 Å². The highest BCUT2D eigenvalue weighted by atomic mass is 35.5. The Morgan fingerprint density at radius 3 is 2.65 bits per heavy atom. The number of halogens is 1. The van der Waals surface area contributed by atoms with Gasteiger partial charge in [0.25, 0.3) is 0 Å². The number of thiocarbonyl (C=S) groups is 1. The molecule has 1 atom stereocenters. The highest BCUT2D eigenvalue weighted by Gasteiger charge is 2.14. The molecule has 1 rings (SSSR count). The number of methoxy groups -OCH3 is 1. The average molecular weight is 273 g/mol. The van der Waals surface area contributed by atoms with Crippen molar-refractivity contribution >= 4 is 34.8 Å². The van der Waals surface area contributed by atoms with Gasteiger partial charge in [0.15, 0.2) is 5.05 Å². The van der Waals surface area contributed by atoms with Crippen LogP contribution in [0.4, 0.5) is 0 Å². The number of hydrogen-bond acceptors (Lipinski definition) is 4. The second-order valence-corrected chi connectivity index (χ2v) is 4.25. The molecule has 17 heavy (non-hydrogen) atoms. The number of esters is 1. The number of benzene rings is 1. The fourth-order valence-electron chi connectivity index (χ4n) is 1.16. The number of rotatable bonds is 5. The van der Waals surface area contributed by atoms with Crippen LogP contribution in [0.1, 0.15) is 12.8 Å². The van der Waals surface area contributed by atoms with E-state index in [1.165, 1.54) is 7.11 Å². The first-order valence-electron chi connectivity index (χ1n) is 5.11. The summed E-state index contributed by atoms with van der Waals surface area (Å²) in [4.78, 5) is 11.5. The van der Waals surface area contributed by atoms with Crippen LogP contribution in [0.15, 0.2) is 30.3 Å². The van der Waals surface area contributed by atoms with Crippen LogP contribution in [0, 0.1) is 0 Å². The second kappa shape index (κ2) is 7.25. The largest absolute Gasteiger partial charge is 0.489 e. The van der Waals surface area contributed by atoms with Crippen LogP contribution in [0.5, 0.6) is 5.75 Å². The zero-order valence-electron chi connectivity index (χ0n) is 9.39. The van der Waals surface area contributed by atoms with Gasteiger partial charge < -0.3 is 9.47 Å². The Balaban J connectivity index is 2.33. The Hall–Kier alpha value is -1.13. The zero-order valence-corrected chi connectivity index (χ0v) is 11.0. The van der Waals surface area contributed by atoms with Crippen LogP contribution < -0.4 is 4.74 Å². The third kappa shape index (κ3) is 5.15. The van der Waals surface area contributed by atoms with E-state index in [4.69, 9.17) is 33.3 Å². The summed E-state index contributed by atoms with van der Waals surface area (Å²) in [6.45, 7) is 0. The lowest BCUT2D eigenvalue weighted by molar-refractivity contribution is -0.134. The van der Waals surface area contributed by atoms with E-state index in [1.54, 1.807) is 24.3 Å². The first-order chi connectivity index (χ1) is 8.13. The topological polar surface area (TPSA) is 35.5 Å². The molecule has 3 nitrogen and oxygen atoms in total. The molecule has 0 aliphatic carbocycles. The van der Waals surface area contributed by atoms with Crippen LogP contribution in [0.3, 0.4) is 0 Å². The van der Waals surface area contributed by atoms with Gasteiger partial charge in [-0.05, 0) is 30.8 Å². The van der Waals surface area contributed by atoms with Crippen molar-refractivity contribution in [3.05, 3.63) is 30.3 Å². The first kappa shape index (κ1) is 13.9. The fraction of sp³-hybridized carbons (Fsp3) is 0.333. The first-order valence-corrected chi connectivity index (χ1v) is 5.95. The lowest BCUT2D eigenvalue weighted by Crippen LogP contribution is -2.17. The van der Waals surface area contributed by atoms with E-state index in [0.717, 1.165) is 0 Å². The smallest absolute Gasteiger partial charge is 0.311 e. The van der Waals surface area contributed by atoms with E-state index < -0.39 is 5.38 Å². The molecule has 0 saturated heterocycles. The van der Waals surface area contributed by atoms with Gasteiger partial charge >= 0.3 is 5.97 Å². The van der Waals surface area contributed by atoms with Crippen molar-refractivity contribution in [1.82, 2.24) is 0 Å². The van der Waals surface area contributed by atoms with Gasteiger partial charge in [-0.2, -0.15) is 0 Å². The molecule has 0 aromatic heterocycles. The number of carbonyl (C=O) groups excluding carboxylic acids is 1. The number of hydrogen-bond donors (Lipinski definition) is 0. The van der Waals surface area contributed by atoms with Gasteiger partial charge in [0, 0.05) is 6.42 Å². The van der Waals surface area contributed by atoms with Crippen molar-refractivity contribution < 1.29 is 14.3 Å². The minimum absolute atomic E-state index is 0.201. The van der Waals surface area contributed by atoms with E-state index in [2.05, 4.69) is 0 Å². The second-order valence-electron chi connectivity index (χ2n) is 3.32. The van der Waals surface area contributed by atoms with Crippen LogP contribution in [-0.2, 0) is 9.53 Å². The lowest BCUT2D eigenvalue weighted by Gasteiger charge is -2.09. The van der Waals surface area contributed by atoms with Crippen LogP contribution in [-0.4, -0.2) is 23.5 Å². The van der Waals surface area contributed by atoms with E-state index in [-0.39, 0.29) is 12.4 Å². The van der Waals surface area contributed by atoms with Gasteiger partial charge in [-0.15, -0.1) is 11.6 Å². The predicted molar refractivity (Wildman–Crippen MR) is 70.6 cm³/mol. The summed E-state index contributed by atoms with van der Waals surface area (Å²) in [5.74, 6) is 0.193. The molecule has 0 fully saturated rings. The SMILES string of the molecule is COC(=S)C(Cl)CCC(=O)Oc1ccccc1. The number of alkyl halides is 1. The molecule has 92 valence electrons. The third-order valence-corrected chi connectivity index (χ3v) is 3.03. The van der Waals surface area contributed by atoms with Crippen molar-refractivity contribution in [3.63, 3.8) is 0 Å².